The molecule has 29 heavy (non-hydrogen) atoms. The fourth-order valence-corrected chi connectivity index (χ4v) is 4.43. The highest BCUT2D eigenvalue weighted by Gasteiger charge is 2.39. The van der Waals surface area contributed by atoms with Crippen LogP contribution in [0.25, 0.3) is 11.2 Å². The molecule has 1 N–H and O–H groups in total. The number of benzene rings is 1. The second-order valence-corrected chi connectivity index (χ2v) is 7.98. The van der Waals surface area contributed by atoms with Crippen molar-refractivity contribution in [3.05, 3.63) is 60.0 Å². The number of hydrogen-bond donors (Lipinski definition) is 1. The molecule has 7 nitrogen and oxygen atoms in total. The van der Waals surface area contributed by atoms with E-state index in [2.05, 4.69) is 27.4 Å². The zero-order valence-electron chi connectivity index (χ0n) is 16.1. The van der Waals surface area contributed by atoms with Crippen LogP contribution in [0, 0.1) is 11.8 Å². The SMILES string of the molecule is O=C1C[C@@H]2CN(C(=O)c3cnc4c(c3)ncn4CCc3ccccc3)C[C@@H]2CN1. The van der Waals surface area contributed by atoms with Crippen LogP contribution in [-0.4, -0.2) is 50.9 Å². The molecule has 5 rings (SSSR count). The lowest BCUT2D eigenvalue weighted by atomic mass is 9.89. The van der Waals surface area contributed by atoms with Crippen LogP contribution in [0.3, 0.4) is 0 Å². The van der Waals surface area contributed by atoms with E-state index >= 15 is 0 Å². The van der Waals surface area contributed by atoms with E-state index in [0.29, 0.717) is 37.5 Å². The fraction of sp³-hybridized carbons (Fsp3) is 0.364. The summed E-state index contributed by atoms with van der Waals surface area (Å²) in [7, 11) is 0. The Labute approximate surface area is 168 Å². The average Bonchev–Trinajstić information content (AvgIpc) is 3.35. The second-order valence-electron chi connectivity index (χ2n) is 7.98. The molecule has 7 heteroatoms. The minimum Gasteiger partial charge on any atom is -0.356 e. The number of aryl methyl sites for hydroxylation is 2. The molecule has 0 radical (unpaired) electrons. The first kappa shape index (κ1) is 17.8. The van der Waals surface area contributed by atoms with Crippen LogP contribution in [0.1, 0.15) is 22.3 Å². The predicted molar refractivity (Wildman–Crippen MR) is 108 cm³/mol. The molecule has 2 aliphatic heterocycles. The Morgan fingerprint density at radius 2 is 1.97 bits per heavy atom. The van der Waals surface area contributed by atoms with E-state index < -0.39 is 0 Å². The molecule has 0 unspecified atom stereocenters. The minimum atomic E-state index is -0.0277. The van der Waals surface area contributed by atoms with Crippen molar-refractivity contribution in [1.82, 2.24) is 24.8 Å². The highest BCUT2D eigenvalue weighted by atomic mass is 16.2. The van der Waals surface area contributed by atoms with Crippen LogP contribution in [-0.2, 0) is 17.8 Å². The summed E-state index contributed by atoms with van der Waals surface area (Å²) >= 11 is 0. The van der Waals surface area contributed by atoms with Gasteiger partial charge in [-0.25, -0.2) is 9.97 Å². The molecule has 1 aromatic carbocycles. The first-order valence-corrected chi connectivity index (χ1v) is 10.1. The Bertz CT molecular complexity index is 1060. The molecule has 2 atom stereocenters. The smallest absolute Gasteiger partial charge is 0.255 e. The number of carbonyl (C=O) groups excluding carboxylic acids is 2. The van der Waals surface area contributed by atoms with Gasteiger partial charge in [-0.05, 0) is 29.9 Å². The lowest BCUT2D eigenvalue weighted by Crippen LogP contribution is -2.40. The highest BCUT2D eigenvalue weighted by molar-refractivity contribution is 5.96. The molecule has 4 heterocycles. The fourth-order valence-electron chi connectivity index (χ4n) is 4.43. The van der Waals surface area contributed by atoms with E-state index in [-0.39, 0.29) is 17.7 Å². The molecule has 0 saturated carbocycles. The van der Waals surface area contributed by atoms with Crippen molar-refractivity contribution in [3.8, 4) is 0 Å². The number of pyridine rings is 1. The number of fused-ring (bicyclic) bond motifs is 2. The third-order valence-corrected chi connectivity index (χ3v) is 6.06. The summed E-state index contributed by atoms with van der Waals surface area (Å²) in [5.41, 5.74) is 3.35. The van der Waals surface area contributed by atoms with Crippen molar-refractivity contribution in [2.45, 2.75) is 19.4 Å². The van der Waals surface area contributed by atoms with Gasteiger partial charge >= 0.3 is 0 Å². The summed E-state index contributed by atoms with van der Waals surface area (Å²) in [6.07, 6.45) is 4.85. The van der Waals surface area contributed by atoms with Gasteiger partial charge in [0, 0.05) is 38.8 Å². The number of amides is 2. The number of hydrogen-bond acceptors (Lipinski definition) is 4. The zero-order valence-corrected chi connectivity index (χ0v) is 16.1. The number of likely N-dealkylation sites (tertiary alicyclic amines) is 1. The quantitative estimate of drug-likeness (QED) is 0.739. The van der Waals surface area contributed by atoms with Crippen molar-refractivity contribution in [1.29, 1.82) is 0 Å². The van der Waals surface area contributed by atoms with E-state index in [4.69, 9.17) is 0 Å². The van der Waals surface area contributed by atoms with E-state index in [0.717, 1.165) is 24.1 Å². The monoisotopic (exact) mass is 389 g/mol. The molecular weight excluding hydrogens is 366 g/mol. The normalized spacial score (nSPS) is 21.2. The zero-order chi connectivity index (χ0) is 19.8. The Hall–Kier alpha value is -3.22. The molecule has 0 aliphatic carbocycles. The van der Waals surface area contributed by atoms with Gasteiger partial charge in [0.1, 0.15) is 5.52 Å². The predicted octanol–water partition coefficient (Wildman–Crippen LogP) is 1.88. The molecule has 2 aromatic heterocycles. The van der Waals surface area contributed by atoms with Crippen LogP contribution >= 0.6 is 0 Å². The van der Waals surface area contributed by atoms with Gasteiger partial charge in [0.2, 0.25) is 5.91 Å². The number of rotatable bonds is 4. The third-order valence-electron chi connectivity index (χ3n) is 6.06. The average molecular weight is 389 g/mol. The number of carbonyl (C=O) groups is 2. The third kappa shape index (κ3) is 3.48. The van der Waals surface area contributed by atoms with Crippen molar-refractivity contribution in [3.63, 3.8) is 0 Å². The molecule has 2 saturated heterocycles. The Balaban J connectivity index is 1.30. The summed E-state index contributed by atoms with van der Waals surface area (Å²) in [4.78, 5) is 35.4. The molecule has 0 bridgehead atoms. The maximum absolute atomic E-state index is 13.0. The molecule has 0 spiro atoms. The number of aromatic nitrogens is 3. The Morgan fingerprint density at radius 1 is 1.14 bits per heavy atom. The van der Waals surface area contributed by atoms with E-state index in [1.807, 2.05) is 33.7 Å². The van der Waals surface area contributed by atoms with Crippen LogP contribution in [0.2, 0.25) is 0 Å². The van der Waals surface area contributed by atoms with Crippen molar-refractivity contribution in [2.24, 2.45) is 11.8 Å². The van der Waals surface area contributed by atoms with Crippen molar-refractivity contribution < 1.29 is 9.59 Å². The van der Waals surface area contributed by atoms with Crippen LogP contribution in [0.4, 0.5) is 0 Å². The van der Waals surface area contributed by atoms with Crippen LogP contribution < -0.4 is 5.32 Å². The number of imidazole rings is 1. The summed E-state index contributed by atoms with van der Waals surface area (Å²) in [5.74, 6) is 0.678. The van der Waals surface area contributed by atoms with Crippen molar-refractivity contribution in [2.75, 3.05) is 19.6 Å². The lowest BCUT2D eigenvalue weighted by Gasteiger charge is -2.23. The summed E-state index contributed by atoms with van der Waals surface area (Å²) in [6, 6.07) is 12.1. The van der Waals surface area contributed by atoms with Gasteiger partial charge in [-0.15, -0.1) is 0 Å². The standard InChI is InChI=1S/C22H23N5O2/c28-20-9-17-12-27(13-18(17)11-23-20)22(29)16-8-19-21(24-10-16)26(14-25-19)7-6-15-4-2-1-3-5-15/h1-5,8,10,14,17-18H,6-7,9,11-13H2,(H,23,28)/t17-,18+/m1/s1. The maximum atomic E-state index is 13.0. The largest absolute Gasteiger partial charge is 0.356 e. The molecule has 148 valence electrons. The first-order valence-electron chi connectivity index (χ1n) is 10.1. The van der Waals surface area contributed by atoms with Gasteiger partial charge in [-0.2, -0.15) is 0 Å². The number of piperidine rings is 1. The second kappa shape index (κ2) is 7.31. The highest BCUT2D eigenvalue weighted by Crippen LogP contribution is 2.29. The van der Waals surface area contributed by atoms with Gasteiger partial charge in [-0.1, -0.05) is 30.3 Å². The van der Waals surface area contributed by atoms with Crippen molar-refractivity contribution >= 4 is 23.0 Å². The van der Waals surface area contributed by atoms with Crippen LogP contribution in [0.5, 0.6) is 0 Å². The molecular formula is C22H23N5O2. The van der Waals surface area contributed by atoms with Crippen LogP contribution in [0.15, 0.2) is 48.9 Å². The topological polar surface area (TPSA) is 80.1 Å². The Kier molecular flexibility index (Phi) is 4.50. The van der Waals surface area contributed by atoms with Gasteiger partial charge in [0.15, 0.2) is 5.65 Å². The summed E-state index contributed by atoms with van der Waals surface area (Å²) in [6.45, 7) is 2.78. The number of nitrogens with zero attached hydrogens (tertiary/aromatic N) is 4. The summed E-state index contributed by atoms with van der Waals surface area (Å²) < 4.78 is 2.03. The Morgan fingerprint density at radius 3 is 2.83 bits per heavy atom. The first-order chi connectivity index (χ1) is 14.2. The molecule has 2 aliphatic rings. The lowest BCUT2D eigenvalue weighted by molar-refractivity contribution is -0.124. The molecule has 2 amide bonds. The van der Waals surface area contributed by atoms with E-state index in [9.17, 15) is 9.59 Å². The van der Waals surface area contributed by atoms with Gasteiger partial charge in [0.05, 0.1) is 11.9 Å². The maximum Gasteiger partial charge on any atom is 0.255 e. The number of nitrogens with one attached hydrogen (secondary N) is 1. The van der Waals surface area contributed by atoms with E-state index in [1.165, 1.54) is 5.56 Å². The summed E-state index contributed by atoms with van der Waals surface area (Å²) in [5, 5.41) is 2.90. The molecule has 2 fully saturated rings. The van der Waals surface area contributed by atoms with Gasteiger partial charge in [0.25, 0.3) is 5.91 Å². The minimum absolute atomic E-state index is 0.0277. The van der Waals surface area contributed by atoms with Gasteiger partial charge in [-0.3, -0.25) is 9.59 Å². The molecule has 3 aromatic rings. The van der Waals surface area contributed by atoms with E-state index in [1.54, 1.807) is 12.5 Å². The van der Waals surface area contributed by atoms with Gasteiger partial charge < -0.3 is 14.8 Å².